The van der Waals surface area contributed by atoms with Crippen molar-refractivity contribution in [2.24, 2.45) is 11.8 Å². The Morgan fingerprint density at radius 1 is 1.04 bits per heavy atom. The summed E-state index contributed by atoms with van der Waals surface area (Å²) < 4.78 is 27.5. The molecule has 7 nitrogen and oxygen atoms in total. The molecule has 2 aliphatic carbocycles. The highest BCUT2D eigenvalue weighted by molar-refractivity contribution is 7.89. The largest absolute Gasteiger partial charge is 0.346 e. The highest BCUT2D eigenvalue weighted by Crippen LogP contribution is 2.39. The number of fused-ring (bicyclic) bond motifs is 3. The fourth-order valence-electron chi connectivity index (χ4n) is 4.43. The Morgan fingerprint density at radius 2 is 1.82 bits per heavy atom. The van der Waals surface area contributed by atoms with Crippen LogP contribution in [0.4, 0.5) is 0 Å². The molecule has 0 radical (unpaired) electrons. The Kier molecular flexibility index (Phi) is 4.55. The molecule has 3 aromatic heterocycles. The van der Waals surface area contributed by atoms with Crippen molar-refractivity contribution >= 4 is 32.0 Å². The first-order valence-electron chi connectivity index (χ1n) is 10.1. The van der Waals surface area contributed by atoms with Crippen molar-refractivity contribution in [3.63, 3.8) is 0 Å². The van der Waals surface area contributed by atoms with Crippen LogP contribution in [0, 0.1) is 11.8 Å². The zero-order chi connectivity index (χ0) is 19.1. The summed E-state index contributed by atoms with van der Waals surface area (Å²) in [4.78, 5) is 16.6. The maximum atomic E-state index is 12.3. The van der Waals surface area contributed by atoms with E-state index in [0.29, 0.717) is 18.4 Å². The number of rotatable bonds is 6. The van der Waals surface area contributed by atoms with Crippen molar-refractivity contribution < 1.29 is 8.42 Å². The summed E-state index contributed by atoms with van der Waals surface area (Å²) in [5.41, 5.74) is 2.79. The maximum absolute atomic E-state index is 12.3. The zero-order valence-electron chi connectivity index (χ0n) is 15.8. The van der Waals surface area contributed by atoms with E-state index >= 15 is 0 Å². The molecule has 3 heterocycles. The van der Waals surface area contributed by atoms with Crippen LogP contribution in [0.5, 0.6) is 0 Å². The molecule has 0 amide bonds. The SMILES string of the molecule is O=S(=O)(CC1CCC(c2ncnc3cnc4[nH]ccc4c23)CC1)NCC1CC1. The van der Waals surface area contributed by atoms with Gasteiger partial charge >= 0.3 is 0 Å². The molecule has 0 unspecified atom stereocenters. The van der Waals surface area contributed by atoms with Crippen molar-refractivity contribution in [3.05, 3.63) is 30.5 Å². The lowest BCUT2D eigenvalue weighted by Gasteiger charge is -2.28. The highest BCUT2D eigenvalue weighted by Gasteiger charge is 2.29. The minimum absolute atomic E-state index is 0.231. The van der Waals surface area contributed by atoms with Crippen LogP contribution in [0.3, 0.4) is 0 Å². The van der Waals surface area contributed by atoms with Gasteiger partial charge in [0.05, 0.1) is 23.2 Å². The Bertz CT molecular complexity index is 1100. The summed E-state index contributed by atoms with van der Waals surface area (Å²) in [6.07, 6.45) is 11.4. The number of aromatic amines is 1. The molecule has 2 saturated carbocycles. The number of hydrogen-bond donors (Lipinski definition) is 2. The fraction of sp³-hybridized carbons (Fsp3) is 0.550. The normalized spacial score (nSPS) is 23.4. The molecule has 0 spiro atoms. The minimum atomic E-state index is -3.16. The third-order valence-corrected chi connectivity index (χ3v) is 7.71. The minimum Gasteiger partial charge on any atom is -0.346 e. The standard InChI is InChI=1S/C20H25N5O2S/c26-28(27,25-9-13-1-2-13)11-14-3-5-15(6-4-14)19-18-16-7-8-21-20(16)22-10-17(18)23-12-24-19/h7-8,10,12-15,25H,1-6,9,11H2,(H,21,22). The van der Waals surface area contributed by atoms with Crippen LogP contribution in [-0.4, -0.2) is 40.7 Å². The van der Waals surface area contributed by atoms with Crippen molar-refractivity contribution in [2.45, 2.75) is 44.4 Å². The smallest absolute Gasteiger partial charge is 0.211 e. The molecule has 0 aromatic carbocycles. The summed E-state index contributed by atoms with van der Waals surface area (Å²) >= 11 is 0. The van der Waals surface area contributed by atoms with Gasteiger partial charge in [0.25, 0.3) is 0 Å². The summed E-state index contributed by atoms with van der Waals surface area (Å²) in [5, 5.41) is 2.14. The van der Waals surface area contributed by atoms with Gasteiger partial charge in [0, 0.05) is 29.4 Å². The van der Waals surface area contributed by atoms with Gasteiger partial charge in [-0.25, -0.2) is 28.1 Å². The Labute approximate surface area is 164 Å². The van der Waals surface area contributed by atoms with Gasteiger partial charge in [0.15, 0.2) is 0 Å². The van der Waals surface area contributed by atoms with Gasteiger partial charge in [-0.05, 0) is 56.4 Å². The van der Waals surface area contributed by atoms with Crippen LogP contribution >= 0.6 is 0 Å². The molecule has 148 valence electrons. The molecule has 2 fully saturated rings. The molecule has 28 heavy (non-hydrogen) atoms. The van der Waals surface area contributed by atoms with Crippen LogP contribution < -0.4 is 4.72 Å². The van der Waals surface area contributed by atoms with E-state index in [1.54, 1.807) is 12.5 Å². The molecule has 0 atom stereocenters. The van der Waals surface area contributed by atoms with E-state index in [1.807, 2.05) is 12.3 Å². The Hall–Kier alpha value is -2.06. The summed E-state index contributed by atoms with van der Waals surface area (Å²) in [7, 11) is -3.16. The predicted molar refractivity (Wildman–Crippen MR) is 108 cm³/mol. The van der Waals surface area contributed by atoms with E-state index in [1.165, 1.54) is 0 Å². The lowest BCUT2D eigenvalue weighted by Crippen LogP contribution is -2.32. The van der Waals surface area contributed by atoms with Crippen LogP contribution in [-0.2, 0) is 10.0 Å². The third kappa shape index (κ3) is 3.63. The number of pyridine rings is 1. The number of nitrogens with zero attached hydrogens (tertiary/aromatic N) is 3. The average Bonchev–Trinajstić information content (AvgIpc) is 3.41. The van der Waals surface area contributed by atoms with Crippen LogP contribution in [0.1, 0.15) is 50.1 Å². The number of aromatic nitrogens is 4. The molecule has 2 N–H and O–H groups in total. The Morgan fingerprint density at radius 3 is 2.61 bits per heavy atom. The van der Waals surface area contributed by atoms with Gasteiger partial charge in [0.2, 0.25) is 10.0 Å². The van der Waals surface area contributed by atoms with E-state index in [4.69, 9.17) is 0 Å². The van der Waals surface area contributed by atoms with E-state index in [9.17, 15) is 8.42 Å². The Balaban J connectivity index is 1.31. The first kappa shape index (κ1) is 18.0. The van der Waals surface area contributed by atoms with E-state index in [0.717, 1.165) is 66.2 Å². The molecular weight excluding hydrogens is 374 g/mol. The van der Waals surface area contributed by atoms with Crippen molar-refractivity contribution in [3.8, 4) is 0 Å². The van der Waals surface area contributed by atoms with E-state index in [-0.39, 0.29) is 11.7 Å². The average molecular weight is 400 g/mol. The van der Waals surface area contributed by atoms with Crippen molar-refractivity contribution in [1.82, 2.24) is 24.7 Å². The fourth-order valence-corrected chi connectivity index (χ4v) is 5.99. The first-order valence-corrected chi connectivity index (χ1v) is 11.8. The number of nitrogens with one attached hydrogen (secondary N) is 2. The zero-order valence-corrected chi connectivity index (χ0v) is 16.6. The molecule has 0 bridgehead atoms. The topological polar surface area (TPSA) is 101 Å². The lowest BCUT2D eigenvalue weighted by atomic mass is 9.80. The molecule has 0 saturated heterocycles. The van der Waals surface area contributed by atoms with Gasteiger partial charge < -0.3 is 4.98 Å². The summed E-state index contributed by atoms with van der Waals surface area (Å²) in [5.74, 6) is 1.39. The third-order valence-electron chi connectivity index (χ3n) is 6.19. The van der Waals surface area contributed by atoms with Crippen LogP contribution in [0.15, 0.2) is 24.8 Å². The molecular formula is C20H25N5O2S. The molecule has 0 aliphatic heterocycles. The monoisotopic (exact) mass is 399 g/mol. The van der Waals surface area contributed by atoms with E-state index in [2.05, 4.69) is 24.7 Å². The number of hydrogen-bond acceptors (Lipinski definition) is 5. The molecule has 5 rings (SSSR count). The number of sulfonamides is 1. The van der Waals surface area contributed by atoms with Crippen molar-refractivity contribution in [2.75, 3.05) is 12.3 Å². The summed E-state index contributed by atoms with van der Waals surface area (Å²) in [6.45, 7) is 0.616. The second-order valence-electron chi connectivity index (χ2n) is 8.31. The molecule has 8 heteroatoms. The maximum Gasteiger partial charge on any atom is 0.211 e. The number of H-pyrrole nitrogens is 1. The van der Waals surface area contributed by atoms with Gasteiger partial charge in [-0.1, -0.05) is 0 Å². The van der Waals surface area contributed by atoms with Gasteiger partial charge in [-0.15, -0.1) is 0 Å². The van der Waals surface area contributed by atoms with E-state index < -0.39 is 10.0 Å². The van der Waals surface area contributed by atoms with Crippen LogP contribution in [0.2, 0.25) is 0 Å². The second-order valence-corrected chi connectivity index (χ2v) is 10.2. The van der Waals surface area contributed by atoms with Crippen molar-refractivity contribution in [1.29, 1.82) is 0 Å². The van der Waals surface area contributed by atoms with Gasteiger partial charge in [0.1, 0.15) is 12.0 Å². The highest BCUT2D eigenvalue weighted by atomic mass is 32.2. The molecule has 2 aliphatic rings. The lowest BCUT2D eigenvalue weighted by molar-refractivity contribution is 0.345. The first-order chi connectivity index (χ1) is 13.6. The van der Waals surface area contributed by atoms with Gasteiger partial charge in [-0.3, -0.25) is 0 Å². The molecule has 3 aromatic rings. The quantitative estimate of drug-likeness (QED) is 0.663. The second kappa shape index (κ2) is 7.08. The van der Waals surface area contributed by atoms with Crippen LogP contribution in [0.25, 0.3) is 21.9 Å². The summed E-state index contributed by atoms with van der Waals surface area (Å²) in [6, 6.07) is 2.03. The van der Waals surface area contributed by atoms with Gasteiger partial charge in [-0.2, -0.15) is 0 Å². The predicted octanol–water partition coefficient (Wildman–Crippen LogP) is 3.11.